The van der Waals surface area contributed by atoms with Crippen LogP contribution in [0.3, 0.4) is 0 Å². The van der Waals surface area contributed by atoms with Gasteiger partial charge in [-0.1, -0.05) is 0 Å². The van der Waals surface area contributed by atoms with Crippen molar-refractivity contribution in [3.05, 3.63) is 28.0 Å². The highest BCUT2D eigenvalue weighted by molar-refractivity contribution is 9.10. The Morgan fingerprint density at radius 1 is 1.33 bits per heavy atom. The van der Waals surface area contributed by atoms with Gasteiger partial charge in [-0.25, -0.2) is 4.98 Å². The van der Waals surface area contributed by atoms with Gasteiger partial charge in [-0.3, -0.25) is 9.59 Å². The van der Waals surface area contributed by atoms with Crippen LogP contribution in [-0.4, -0.2) is 29.9 Å². The quantitative estimate of drug-likeness (QED) is 0.831. The lowest BCUT2D eigenvalue weighted by Crippen LogP contribution is -2.39. The van der Waals surface area contributed by atoms with Crippen LogP contribution in [0, 0.1) is 0 Å². The van der Waals surface area contributed by atoms with Gasteiger partial charge in [0.2, 0.25) is 0 Å². The first-order valence-corrected chi connectivity index (χ1v) is 6.60. The Hall–Kier alpha value is -1.43. The second-order valence-electron chi connectivity index (χ2n) is 4.24. The summed E-state index contributed by atoms with van der Waals surface area (Å²) in [5.41, 5.74) is 0.674. The van der Waals surface area contributed by atoms with Crippen molar-refractivity contribution in [3.63, 3.8) is 0 Å². The third-order valence-electron chi connectivity index (χ3n) is 2.96. The number of hydrogen-bond acceptors (Lipinski definition) is 3. The molecule has 96 valence electrons. The summed E-state index contributed by atoms with van der Waals surface area (Å²) in [6.45, 7) is 0. The van der Waals surface area contributed by atoms with E-state index in [1.807, 2.05) is 0 Å². The Morgan fingerprint density at radius 3 is 2.61 bits per heavy atom. The fraction of sp³-hybridized carbons (Fsp3) is 0.417. The van der Waals surface area contributed by atoms with Gasteiger partial charge in [0.15, 0.2) is 0 Å². The van der Waals surface area contributed by atoms with E-state index in [2.05, 4.69) is 31.5 Å². The lowest BCUT2D eigenvalue weighted by Gasteiger charge is -2.26. The molecule has 0 unspecified atom stereocenters. The zero-order valence-corrected chi connectivity index (χ0v) is 11.6. The second-order valence-corrected chi connectivity index (χ2v) is 5.06. The second kappa shape index (κ2) is 5.48. The molecule has 1 fully saturated rings. The third-order valence-corrected chi connectivity index (χ3v) is 3.36. The normalized spacial score (nSPS) is 14.8. The molecule has 2 N–H and O–H groups in total. The van der Waals surface area contributed by atoms with E-state index in [4.69, 9.17) is 0 Å². The first-order valence-electron chi connectivity index (χ1n) is 5.80. The maximum atomic E-state index is 12.0. The lowest BCUT2D eigenvalue weighted by molar-refractivity contribution is 0.0917. The van der Waals surface area contributed by atoms with E-state index >= 15 is 0 Å². The van der Waals surface area contributed by atoms with Crippen LogP contribution >= 0.6 is 15.9 Å². The van der Waals surface area contributed by atoms with Gasteiger partial charge in [-0.15, -0.1) is 0 Å². The molecule has 0 bridgehead atoms. The van der Waals surface area contributed by atoms with Gasteiger partial charge in [0.1, 0.15) is 10.3 Å². The number of carbonyl (C=O) groups excluding carboxylic acids is 2. The van der Waals surface area contributed by atoms with Crippen molar-refractivity contribution in [1.82, 2.24) is 15.6 Å². The summed E-state index contributed by atoms with van der Waals surface area (Å²) in [6.07, 6.45) is 3.22. The van der Waals surface area contributed by atoms with Gasteiger partial charge in [0.05, 0.1) is 0 Å². The van der Waals surface area contributed by atoms with Crippen LogP contribution in [0.4, 0.5) is 0 Å². The van der Waals surface area contributed by atoms with Crippen LogP contribution in [0.2, 0.25) is 0 Å². The average Bonchev–Trinajstić information content (AvgIpc) is 2.31. The average molecular weight is 312 g/mol. The predicted molar refractivity (Wildman–Crippen MR) is 70.4 cm³/mol. The van der Waals surface area contributed by atoms with Gasteiger partial charge < -0.3 is 10.6 Å². The monoisotopic (exact) mass is 311 g/mol. The highest BCUT2D eigenvalue weighted by Gasteiger charge is 2.21. The molecule has 2 rings (SSSR count). The van der Waals surface area contributed by atoms with E-state index in [9.17, 15) is 9.59 Å². The van der Waals surface area contributed by atoms with Gasteiger partial charge in [0, 0.05) is 18.7 Å². The van der Waals surface area contributed by atoms with E-state index in [0.29, 0.717) is 10.2 Å². The SMILES string of the molecule is CNC(=O)c1cc(C(=O)NC2CCC2)cc(Br)n1. The van der Waals surface area contributed by atoms with E-state index in [0.717, 1.165) is 19.3 Å². The molecule has 0 aliphatic heterocycles. The molecule has 1 saturated carbocycles. The molecule has 0 spiro atoms. The molecule has 1 aromatic rings. The minimum Gasteiger partial charge on any atom is -0.354 e. The Kier molecular flexibility index (Phi) is 3.96. The number of hydrogen-bond donors (Lipinski definition) is 2. The third kappa shape index (κ3) is 2.87. The van der Waals surface area contributed by atoms with E-state index in [1.54, 1.807) is 6.07 Å². The summed E-state index contributed by atoms with van der Waals surface area (Å²) >= 11 is 3.20. The molecule has 1 aromatic heterocycles. The molecule has 1 heterocycles. The number of nitrogens with one attached hydrogen (secondary N) is 2. The van der Waals surface area contributed by atoms with Crippen LogP contribution in [0.25, 0.3) is 0 Å². The molecule has 0 atom stereocenters. The summed E-state index contributed by atoms with van der Waals surface area (Å²) in [5.74, 6) is -0.470. The largest absolute Gasteiger partial charge is 0.354 e. The van der Waals surface area contributed by atoms with Crippen molar-refractivity contribution in [1.29, 1.82) is 0 Å². The van der Waals surface area contributed by atoms with E-state index in [-0.39, 0.29) is 23.6 Å². The van der Waals surface area contributed by atoms with Crippen LogP contribution in [-0.2, 0) is 0 Å². The maximum absolute atomic E-state index is 12.0. The van der Waals surface area contributed by atoms with Crippen molar-refractivity contribution in [3.8, 4) is 0 Å². The number of rotatable bonds is 3. The summed E-state index contributed by atoms with van der Waals surface area (Å²) < 4.78 is 0.474. The number of amides is 2. The van der Waals surface area contributed by atoms with Gasteiger partial charge in [0.25, 0.3) is 11.8 Å². The number of aromatic nitrogens is 1. The lowest BCUT2D eigenvalue weighted by atomic mass is 9.93. The fourth-order valence-electron chi connectivity index (χ4n) is 1.69. The summed E-state index contributed by atoms with van der Waals surface area (Å²) in [7, 11) is 1.53. The minimum absolute atomic E-state index is 0.159. The summed E-state index contributed by atoms with van der Waals surface area (Å²) in [5, 5.41) is 5.41. The zero-order valence-electron chi connectivity index (χ0n) is 10.00. The van der Waals surface area contributed by atoms with Crippen molar-refractivity contribution in [2.24, 2.45) is 0 Å². The maximum Gasteiger partial charge on any atom is 0.269 e. The van der Waals surface area contributed by atoms with Crippen molar-refractivity contribution in [2.75, 3.05) is 7.05 Å². The van der Waals surface area contributed by atoms with Crippen molar-refractivity contribution >= 4 is 27.7 Å². The Bertz CT molecular complexity index is 486. The standard InChI is InChI=1S/C12H14BrN3O2/c1-14-12(18)9-5-7(6-10(13)16-9)11(17)15-8-3-2-4-8/h5-6,8H,2-4H2,1H3,(H,14,18)(H,15,17). The van der Waals surface area contributed by atoms with Gasteiger partial charge in [-0.2, -0.15) is 0 Å². The first-order chi connectivity index (χ1) is 8.60. The van der Waals surface area contributed by atoms with Crippen LogP contribution in [0.1, 0.15) is 40.1 Å². The molecule has 6 heteroatoms. The summed E-state index contributed by atoms with van der Waals surface area (Å²) in [6, 6.07) is 3.38. The van der Waals surface area contributed by atoms with Crippen LogP contribution in [0.5, 0.6) is 0 Å². The molecule has 0 aromatic carbocycles. The molecule has 0 saturated heterocycles. The number of nitrogens with zero attached hydrogens (tertiary/aromatic N) is 1. The first kappa shape index (κ1) is 13.0. The minimum atomic E-state index is -0.311. The highest BCUT2D eigenvalue weighted by Crippen LogP contribution is 2.19. The smallest absolute Gasteiger partial charge is 0.269 e. The van der Waals surface area contributed by atoms with Crippen molar-refractivity contribution in [2.45, 2.75) is 25.3 Å². The molecule has 5 nitrogen and oxygen atoms in total. The molecule has 1 aliphatic rings. The fourth-order valence-corrected chi connectivity index (χ4v) is 2.13. The Morgan fingerprint density at radius 2 is 2.06 bits per heavy atom. The number of halogens is 1. The predicted octanol–water partition coefficient (Wildman–Crippen LogP) is 1.49. The molecule has 2 amide bonds. The molecule has 18 heavy (non-hydrogen) atoms. The topological polar surface area (TPSA) is 71.1 Å². The Labute approximate surface area is 113 Å². The van der Waals surface area contributed by atoms with E-state index in [1.165, 1.54) is 13.1 Å². The number of pyridine rings is 1. The Balaban J connectivity index is 2.18. The molecular weight excluding hydrogens is 298 g/mol. The van der Waals surface area contributed by atoms with Crippen LogP contribution < -0.4 is 10.6 Å². The number of carbonyl (C=O) groups is 2. The molecule has 0 radical (unpaired) electrons. The van der Waals surface area contributed by atoms with Crippen molar-refractivity contribution < 1.29 is 9.59 Å². The molecule has 1 aliphatic carbocycles. The molecular formula is C12H14BrN3O2. The zero-order chi connectivity index (χ0) is 13.1. The van der Waals surface area contributed by atoms with E-state index < -0.39 is 0 Å². The highest BCUT2D eigenvalue weighted by atomic mass is 79.9. The van der Waals surface area contributed by atoms with Gasteiger partial charge in [-0.05, 0) is 47.3 Å². The summed E-state index contributed by atoms with van der Waals surface area (Å²) in [4.78, 5) is 27.5. The van der Waals surface area contributed by atoms with Gasteiger partial charge >= 0.3 is 0 Å². The van der Waals surface area contributed by atoms with Crippen LogP contribution in [0.15, 0.2) is 16.7 Å².